The van der Waals surface area contributed by atoms with Gasteiger partial charge in [-0.25, -0.2) is 13.8 Å². The van der Waals surface area contributed by atoms with Gasteiger partial charge in [-0.1, -0.05) is 6.42 Å². The highest BCUT2D eigenvalue weighted by Gasteiger charge is 2.29. The van der Waals surface area contributed by atoms with Gasteiger partial charge in [0.2, 0.25) is 0 Å². The fourth-order valence-corrected chi connectivity index (χ4v) is 2.83. The zero-order valence-corrected chi connectivity index (χ0v) is 13.3. The Kier molecular flexibility index (Phi) is 5.50. The molecule has 0 aliphatic heterocycles. The van der Waals surface area contributed by atoms with Crippen LogP contribution in [0.4, 0.5) is 14.6 Å². The quantitative estimate of drug-likeness (QED) is 0.655. The van der Waals surface area contributed by atoms with Crippen LogP contribution in [0.25, 0.3) is 0 Å². The van der Waals surface area contributed by atoms with Crippen LogP contribution in [0, 0.1) is 17.6 Å². The maximum atomic E-state index is 13.7. The highest BCUT2D eigenvalue weighted by atomic mass is 79.9. The minimum Gasteiger partial charge on any atom is -0.466 e. The fourth-order valence-electron chi connectivity index (χ4n) is 2.53. The topological polar surface area (TPSA) is 51.2 Å². The van der Waals surface area contributed by atoms with Crippen molar-refractivity contribution in [3.8, 4) is 0 Å². The average molecular weight is 363 g/mol. The van der Waals surface area contributed by atoms with E-state index >= 15 is 0 Å². The molecular formula is C14H17BrF2N2O2. The van der Waals surface area contributed by atoms with Crippen molar-refractivity contribution in [2.75, 3.05) is 11.9 Å². The Balaban J connectivity index is 2.03. The third kappa shape index (κ3) is 4.12. The van der Waals surface area contributed by atoms with Gasteiger partial charge in [-0.3, -0.25) is 4.79 Å². The molecule has 2 rings (SSSR count). The minimum atomic E-state index is -0.744. The largest absolute Gasteiger partial charge is 0.466 e. The number of hydrogen-bond acceptors (Lipinski definition) is 4. The van der Waals surface area contributed by atoms with Crippen molar-refractivity contribution in [2.45, 2.75) is 38.6 Å². The predicted molar refractivity (Wildman–Crippen MR) is 77.9 cm³/mol. The van der Waals surface area contributed by atoms with Gasteiger partial charge in [-0.15, -0.1) is 0 Å². The second-order valence-electron chi connectivity index (χ2n) is 5.05. The van der Waals surface area contributed by atoms with Crippen LogP contribution in [0.5, 0.6) is 0 Å². The number of aromatic nitrogens is 1. The van der Waals surface area contributed by atoms with E-state index in [9.17, 15) is 13.6 Å². The SMILES string of the molecule is CCOC(=O)[C@@H]1CCC[C@H](Nc2nc(Br)c(F)cc2F)C1. The number of esters is 1. The number of hydrogen-bond donors (Lipinski definition) is 1. The van der Waals surface area contributed by atoms with Crippen LogP contribution in [0.2, 0.25) is 0 Å². The minimum absolute atomic E-state index is 0.00205. The number of halogens is 3. The third-order valence-electron chi connectivity index (χ3n) is 3.52. The summed E-state index contributed by atoms with van der Waals surface area (Å²) >= 11 is 2.93. The molecule has 4 nitrogen and oxygen atoms in total. The standard InChI is InChI=1S/C14H17BrF2N2O2/c1-2-21-14(20)8-4-3-5-9(6-8)18-13-11(17)7-10(16)12(15)19-13/h7-9H,2-6H2,1H3,(H,18,19)/t8-,9+/m1/s1. The second kappa shape index (κ2) is 7.15. The molecule has 1 aliphatic rings. The Morgan fingerprint density at radius 3 is 2.95 bits per heavy atom. The molecule has 1 aromatic heterocycles. The van der Waals surface area contributed by atoms with E-state index in [0.717, 1.165) is 25.3 Å². The molecule has 0 radical (unpaired) electrons. The lowest BCUT2D eigenvalue weighted by Crippen LogP contribution is -2.32. The van der Waals surface area contributed by atoms with Crippen LogP contribution in [0.3, 0.4) is 0 Å². The molecule has 1 saturated carbocycles. The Morgan fingerprint density at radius 2 is 2.24 bits per heavy atom. The van der Waals surface area contributed by atoms with Crippen LogP contribution in [-0.4, -0.2) is 23.6 Å². The molecule has 116 valence electrons. The van der Waals surface area contributed by atoms with Crippen LogP contribution in [0.1, 0.15) is 32.6 Å². The maximum absolute atomic E-state index is 13.7. The Morgan fingerprint density at radius 1 is 1.48 bits per heavy atom. The summed E-state index contributed by atoms with van der Waals surface area (Å²) in [6.07, 6.45) is 3.01. The summed E-state index contributed by atoms with van der Waals surface area (Å²) in [5.41, 5.74) is 0. The Labute approximate surface area is 130 Å². The number of anilines is 1. The van der Waals surface area contributed by atoms with E-state index in [0.29, 0.717) is 13.0 Å². The van der Waals surface area contributed by atoms with Crippen LogP contribution < -0.4 is 5.32 Å². The third-order valence-corrected chi connectivity index (χ3v) is 4.08. The van der Waals surface area contributed by atoms with E-state index in [1.165, 1.54) is 0 Å². The molecular weight excluding hydrogens is 346 g/mol. The summed E-state index contributed by atoms with van der Waals surface area (Å²) in [7, 11) is 0. The van der Waals surface area contributed by atoms with Crippen LogP contribution in [0.15, 0.2) is 10.7 Å². The lowest BCUT2D eigenvalue weighted by Gasteiger charge is -2.28. The van der Waals surface area contributed by atoms with Crippen LogP contribution in [-0.2, 0) is 9.53 Å². The first kappa shape index (κ1) is 16.1. The average Bonchev–Trinajstić information content (AvgIpc) is 2.45. The highest BCUT2D eigenvalue weighted by Crippen LogP contribution is 2.28. The number of nitrogens with one attached hydrogen (secondary N) is 1. The van der Waals surface area contributed by atoms with Gasteiger partial charge in [-0.05, 0) is 42.1 Å². The molecule has 0 saturated heterocycles. The van der Waals surface area contributed by atoms with E-state index < -0.39 is 11.6 Å². The Bertz CT molecular complexity index is 528. The number of rotatable bonds is 4. The lowest BCUT2D eigenvalue weighted by atomic mass is 9.85. The van der Waals surface area contributed by atoms with Gasteiger partial charge in [0, 0.05) is 12.1 Å². The molecule has 1 fully saturated rings. The molecule has 1 aliphatic carbocycles. The summed E-state index contributed by atoms with van der Waals surface area (Å²) in [4.78, 5) is 15.6. The maximum Gasteiger partial charge on any atom is 0.308 e. The smallest absolute Gasteiger partial charge is 0.308 e. The summed E-state index contributed by atoms with van der Waals surface area (Å²) in [6, 6.07) is 0.706. The molecule has 0 unspecified atom stereocenters. The number of carbonyl (C=O) groups is 1. The van der Waals surface area contributed by atoms with Gasteiger partial charge in [0.25, 0.3) is 0 Å². The summed E-state index contributed by atoms with van der Waals surface area (Å²) in [6.45, 7) is 2.13. The van der Waals surface area contributed by atoms with E-state index in [1.54, 1.807) is 6.92 Å². The van der Waals surface area contributed by atoms with Gasteiger partial charge in [0.05, 0.1) is 12.5 Å². The number of carbonyl (C=O) groups excluding carboxylic acids is 1. The number of pyridine rings is 1. The van der Waals surface area contributed by atoms with E-state index in [2.05, 4.69) is 26.2 Å². The van der Waals surface area contributed by atoms with E-state index in [-0.39, 0.29) is 28.4 Å². The Hall–Kier alpha value is -1.24. The van der Waals surface area contributed by atoms with E-state index in [1.807, 2.05) is 0 Å². The molecule has 0 aromatic carbocycles. The first-order chi connectivity index (χ1) is 10.0. The molecule has 1 N–H and O–H groups in total. The fraction of sp³-hybridized carbons (Fsp3) is 0.571. The monoisotopic (exact) mass is 362 g/mol. The molecule has 7 heteroatoms. The van der Waals surface area contributed by atoms with Crippen molar-refractivity contribution in [2.24, 2.45) is 5.92 Å². The lowest BCUT2D eigenvalue weighted by molar-refractivity contribution is -0.149. The van der Waals surface area contributed by atoms with Gasteiger partial charge in [0.15, 0.2) is 17.5 Å². The molecule has 0 amide bonds. The zero-order valence-electron chi connectivity index (χ0n) is 11.7. The zero-order chi connectivity index (χ0) is 15.4. The van der Waals surface area contributed by atoms with Gasteiger partial charge >= 0.3 is 5.97 Å². The van der Waals surface area contributed by atoms with Gasteiger partial charge < -0.3 is 10.1 Å². The predicted octanol–water partition coefficient (Wildman–Crippen LogP) is 3.66. The molecule has 21 heavy (non-hydrogen) atoms. The molecule has 0 bridgehead atoms. The van der Waals surface area contributed by atoms with E-state index in [4.69, 9.17) is 4.74 Å². The summed E-state index contributed by atoms with van der Waals surface area (Å²) in [5, 5.41) is 2.95. The summed E-state index contributed by atoms with van der Waals surface area (Å²) < 4.78 is 31.8. The van der Waals surface area contributed by atoms with Crippen LogP contribution >= 0.6 is 15.9 Å². The van der Waals surface area contributed by atoms with Gasteiger partial charge in [0.1, 0.15) is 4.60 Å². The molecule has 1 heterocycles. The van der Waals surface area contributed by atoms with Crippen molar-refractivity contribution >= 4 is 27.7 Å². The van der Waals surface area contributed by atoms with Crippen molar-refractivity contribution in [1.29, 1.82) is 0 Å². The number of ether oxygens (including phenoxy) is 1. The highest BCUT2D eigenvalue weighted by molar-refractivity contribution is 9.10. The first-order valence-corrected chi connectivity index (χ1v) is 7.75. The summed E-state index contributed by atoms with van der Waals surface area (Å²) in [5.74, 6) is -1.88. The number of nitrogens with zero attached hydrogens (tertiary/aromatic N) is 1. The normalized spacial score (nSPS) is 21.9. The van der Waals surface area contributed by atoms with Crippen molar-refractivity contribution in [3.05, 3.63) is 22.3 Å². The molecule has 1 aromatic rings. The van der Waals surface area contributed by atoms with Crippen molar-refractivity contribution < 1.29 is 18.3 Å². The van der Waals surface area contributed by atoms with Crippen molar-refractivity contribution in [1.82, 2.24) is 4.98 Å². The van der Waals surface area contributed by atoms with Crippen molar-refractivity contribution in [3.63, 3.8) is 0 Å². The van der Waals surface area contributed by atoms with Gasteiger partial charge in [-0.2, -0.15) is 0 Å². The molecule has 0 spiro atoms. The molecule has 2 atom stereocenters. The first-order valence-electron chi connectivity index (χ1n) is 6.96. The second-order valence-corrected chi connectivity index (χ2v) is 5.80.